The molecular formula is C13H21NOS. The largest absolute Gasteiger partial charge is 0.377 e. The Morgan fingerprint density at radius 2 is 2.00 bits per heavy atom. The Bertz CT molecular complexity index is 315. The molecule has 3 heteroatoms. The fourth-order valence-corrected chi connectivity index (χ4v) is 2.24. The van der Waals surface area contributed by atoms with E-state index in [1.54, 1.807) is 11.8 Å². The van der Waals surface area contributed by atoms with Crippen LogP contribution in [0.1, 0.15) is 19.4 Å². The predicted octanol–water partition coefficient (Wildman–Crippen LogP) is 2.84. The van der Waals surface area contributed by atoms with E-state index in [0.29, 0.717) is 6.61 Å². The first-order valence-corrected chi connectivity index (χ1v) is 6.63. The molecule has 0 saturated heterocycles. The van der Waals surface area contributed by atoms with Gasteiger partial charge in [0.05, 0.1) is 12.7 Å². The SMILES string of the molecule is Cc1ccccc1SCC(N)COC(C)C. The lowest BCUT2D eigenvalue weighted by Gasteiger charge is -2.14. The molecule has 1 aromatic rings. The summed E-state index contributed by atoms with van der Waals surface area (Å²) in [6, 6.07) is 8.48. The zero-order chi connectivity index (χ0) is 12.0. The second kappa shape index (κ2) is 6.94. The van der Waals surface area contributed by atoms with Crippen molar-refractivity contribution < 1.29 is 4.74 Å². The Balaban J connectivity index is 2.31. The minimum atomic E-state index is 0.104. The van der Waals surface area contributed by atoms with Crippen LogP contribution in [0.5, 0.6) is 0 Å². The van der Waals surface area contributed by atoms with Gasteiger partial charge < -0.3 is 10.5 Å². The summed E-state index contributed by atoms with van der Waals surface area (Å²) in [5.74, 6) is 0.900. The highest BCUT2D eigenvalue weighted by Crippen LogP contribution is 2.22. The van der Waals surface area contributed by atoms with Gasteiger partial charge in [0.15, 0.2) is 0 Å². The van der Waals surface area contributed by atoms with Crippen molar-refractivity contribution in [3.05, 3.63) is 29.8 Å². The van der Waals surface area contributed by atoms with Gasteiger partial charge in [-0.05, 0) is 32.4 Å². The first kappa shape index (κ1) is 13.6. The Kier molecular flexibility index (Phi) is 5.88. The van der Waals surface area contributed by atoms with Gasteiger partial charge in [-0.2, -0.15) is 0 Å². The average molecular weight is 239 g/mol. The molecule has 90 valence electrons. The molecule has 1 aromatic carbocycles. The molecule has 1 rings (SSSR count). The van der Waals surface area contributed by atoms with E-state index in [1.807, 2.05) is 13.8 Å². The first-order chi connectivity index (χ1) is 7.59. The molecule has 1 atom stereocenters. The van der Waals surface area contributed by atoms with Crippen molar-refractivity contribution in [2.45, 2.75) is 37.8 Å². The maximum atomic E-state index is 5.97. The third kappa shape index (κ3) is 5.01. The molecule has 2 N–H and O–H groups in total. The van der Waals surface area contributed by atoms with Crippen molar-refractivity contribution >= 4 is 11.8 Å². The van der Waals surface area contributed by atoms with Gasteiger partial charge in [0.1, 0.15) is 0 Å². The summed E-state index contributed by atoms with van der Waals surface area (Å²) in [4.78, 5) is 1.31. The molecule has 0 heterocycles. The van der Waals surface area contributed by atoms with E-state index < -0.39 is 0 Å². The van der Waals surface area contributed by atoms with Crippen molar-refractivity contribution in [2.24, 2.45) is 5.73 Å². The summed E-state index contributed by atoms with van der Waals surface area (Å²) in [5.41, 5.74) is 7.28. The normalized spacial score (nSPS) is 13.1. The summed E-state index contributed by atoms with van der Waals surface area (Å²) in [7, 11) is 0. The smallest absolute Gasteiger partial charge is 0.0629 e. The Morgan fingerprint density at radius 1 is 1.31 bits per heavy atom. The molecule has 0 bridgehead atoms. The van der Waals surface area contributed by atoms with E-state index in [-0.39, 0.29) is 12.1 Å². The van der Waals surface area contributed by atoms with Gasteiger partial charge in [-0.1, -0.05) is 18.2 Å². The van der Waals surface area contributed by atoms with Gasteiger partial charge in [0, 0.05) is 16.7 Å². The Labute approximate surface area is 103 Å². The van der Waals surface area contributed by atoms with Gasteiger partial charge in [-0.25, -0.2) is 0 Å². The number of hydrogen-bond donors (Lipinski definition) is 1. The lowest BCUT2D eigenvalue weighted by atomic mass is 10.2. The third-order valence-corrected chi connectivity index (χ3v) is 3.55. The van der Waals surface area contributed by atoms with Gasteiger partial charge in [-0.15, -0.1) is 11.8 Å². The molecule has 0 saturated carbocycles. The molecule has 0 radical (unpaired) electrons. The summed E-state index contributed by atoms with van der Waals surface area (Å²) >= 11 is 1.80. The highest BCUT2D eigenvalue weighted by atomic mass is 32.2. The predicted molar refractivity (Wildman–Crippen MR) is 71.0 cm³/mol. The van der Waals surface area contributed by atoms with Crippen LogP contribution in [0, 0.1) is 6.92 Å². The summed E-state index contributed by atoms with van der Waals surface area (Å²) in [6.07, 6.45) is 0.259. The van der Waals surface area contributed by atoms with E-state index >= 15 is 0 Å². The van der Waals surface area contributed by atoms with Crippen molar-refractivity contribution in [1.82, 2.24) is 0 Å². The molecule has 16 heavy (non-hydrogen) atoms. The number of hydrogen-bond acceptors (Lipinski definition) is 3. The molecule has 0 aliphatic heterocycles. The quantitative estimate of drug-likeness (QED) is 0.775. The zero-order valence-corrected chi connectivity index (χ0v) is 11.1. The van der Waals surface area contributed by atoms with Crippen LogP contribution in [0.25, 0.3) is 0 Å². The fourth-order valence-electron chi connectivity index (χ4n) is 1.28. The number of rotatable bonds is 6. The molecule has 0 aliphatic rings. The van der Waals surface area contributed by atoms with E-state index in [9.17, 15) is 0 Å². The van der Waals surface area contributed by atoms with Crippen LogP contribution in [0.4, 0.5) is 0 Å². The van der Waals surface area contributed by atoms with Crippen LogP contribution in [0.2, 0.25) is 0 Å². The monoisotopic (exact) mass is 239 g/mol. The molecular weight excluding hydrogens is 218 g/mol. The fraction of sp³-hybridized carbons (Fsp3) is 0.538. The number of nitrogens with two attached hydrogens (primary N) is 1. The van der Waals surface area contributed by atoms with Gasteiger partial charge in [0.2, 0.25) is 0 Å². The maximum Gasteiger partial charge on any atom is 0.0629 e. The van der Waals surface area contributed by atoms with Gasteiger partial charge in [-0.3, -0.25) is 0 Å². The van der Waals surface area contributed by atoms with Gasteiger partial charge >= 0.3 is 0 Å². The second-order valence-corrected chi connectivity index (χ2v) is 5.28. The molecule has 2 nitrogen and oxygen atoms in total. The molecule has 0 spiro atoms. The maximum absolute atomic E-state index is 5.97. The summed E-state index contributed by atoms with van der Waals surface area (Å²) in [6.45, 7) is 6.82. The Hall–Kier alpha value is -0.510. The topological polar surface area (TPSA) is 35.2 Å². The summed E-state index contributed by atoms with van der Waals surface area (Å²) < 4.78 is 5.48. The molecule has 0 fully saturated rings. The van der Waals surface area contributed by atoms with Crippen molar-refractivity contribution in [3.63, 3.8) is 0 Å². The lowest BCUT2D eigenvalue weighted by Crippen LogP contribution is -2.30. The minimum absolute atomic E-state index is 0.104. The van der Waals surface area contributed by atoms with E-state index in [2.05, 4.69) is 31.2 Å². The zero-order valence-electron chi connectivity index (χ0n) is 10.3. The second-order valence-electron chi connectivity index (χ2n) is 4.22. The number of benzene rings is 1. The van der Waals surface area contributed by atoms with Crippen LogP contribution in [-0.2, 0) is 4.74 Å². The molecule has 1 unspecified atom stereocenters. The van der Waals surface area contributed by atoms with E-state index in [0.717, 1.165) is 5.75 Å². The van der Waals surface area contributed by atoms with Crippen LogP contribution in [-0.4, -0.2) is 24.5 Å². The van der Waals surface area contributed by atoms with Crippen molar-refractivity contribution in [3.8, 4) is 0 Å². The third-order valence-electron chi connectivity index (χ3n) is 2.19. The van der Waals surface area contributed by atoms with E-state index in [4.69, 9.17) is 10.5 Å². The minimum Gasteiger partial charge on any atom is -0.377 e. The highest BCUT2D eigenvalue weighted by molar-refractivity contribution is 7.99. The average Bonchev–Trinajstić information content (AvgIpc) is 2.25. The number of thioether (sulfide) groups is 1. The standard InChI is InChI=1S/C13H21NOS/c1-10(2)15-8-12(14)9-16-13-7-5-4-6-11(13)3/h4-7,10,12H,8-9,14H2,1-3H3. The highest BCUT2D eigenvalue weighted by Gasteiger charge is 2.06. The molecule has 0 aromatic heterocycles. The first-order valence-electron chi connectivity index (χ1n) is 5.65. The Morgan fingerprint density at radius 3 is 2.62 bits per heavy atom. The van der Waals surface area contributed by atoms with Crippen LogP contribution in [0.3, 0.4) is 0 Å². The van der Waals surface area contributed by atoms with Crippen molar-refractivity contribution in [2.75, 3.05) is 12.4 Å². The van der Waals surface area contributed by atoms with Gasteiger partial charge in [0.25, 0.3) is 0 Å². The van der Waals surface area contributed by atoms with Crippen LogP contribution in [0.15, 0.2) is 29.2 Å². The number of aryl methyl sites for hydroxylation is 1. The van der Waals surface area contributed by atoms with E-state index in [1.165, 1.54) is 10.5 Å². The number of ether oxygens (including phenoxy) is 1. The van der Waals surface area contributed by atoms with Crippen LogP contribution < -0.4 is 5.73 Å². The lowest BCUT2D eigenvalue weighted by molar-refractivity contribution is 0.0720. The molecule has 0 amide bonds. The summed E-state index contributed by atoms with van der Waals surface area (Å²) in [5, 5.41) is 0. The van der Waals surface area contributed by atoms with Crippen molar-refractivity contribution in [1.29, 1.82) is 0 Å². The van der Waals surface area contributed by atoms with Crippen LogP contribution >= 0.6 is 11.8 Å². The molecule has 0 aliphatic carbocycles.